The Hall–Kier alpha value is -0.540. The van der Waals surface area contributed by atoms with Gasteiger partial charge in [0, 0.05) is 16.6 Å². The summed E-state index contributed by atoms with van der Waals surface area (Å²) < 4.78 is 6.99. The van der Waals surface area contributed by atoms with Gasteiger partial charge in [0.25, 0.3) is 0 Å². The summed E-state index contributed by atoms with van der Waals surface area (Å²) in [6.45, 7) is 6.08. The van der Waals surface area contributed by atoms with Gasteiger partial charge in [-0.3, -0.25) is 0 Å². The van der Waals surface area contributed by atoms with Crippen LogP contribution in [-0.2, 0) is 6.54 Å². The molecule has 0 radical (unpaired) electrons. The Morgan fingerprint density at radius 1 is 1.41 bits per heavy atom. The first-order valence-corrected chi connectivity index (χ1v) is 7.02. The van der Waals surface area contributed by atoms with Gasteiger partial charge in [-0.2, -0.15) is 0 Å². The monoisotopic (exact) mass is 299 g/mol. The molecule has 0 aliphatic rings. The first-order valence-electron chi connectivity index (χ1n) is 6.23. The van der Waals surface area contributed by atoms with Crippen molar-refractivity contribution in [2.24, 2.45) is 5.92 Å². The third-order valence-corrected chi connectivity index (χ3v) is 3.19. The molecule has 0 spiro atoms. The lowest BCUT2D eigenvalue weighted by molar-refractivity contribution is 0.249. The minimum absolute atomic E-state index is 0.617. The van der Waals surface area contributed by atoms with E-state index >= 15 is 0 Å². The van der Waals surface area contributed by atoms with Crippen molar-refractivity contribution in [3.8, 4) is 5.75 Å². The summed E-state index contributed by atoms with van der Waals surface area (Å²) in [7, 11) is 1.95. The van der Waals surface area contributed by atoms with Gasteiger partial charge in [0.05, 0.1) is 6.61 Å². The van der Waals surface area contributed by atoms with Gasteiger partial charge in [-0.05, 0) is 37.6 Å². The minimum atomic E-state index is 0.617. The van der Waals surface area contributed by atoms with Crippen molar-refractivity contribution < 1.29 is 4.74 Å². The molecule has 0 bridgehead atoms. The summed E-state index contributed by atoms with van der Waals surface area (Å²) in [5.74, 6) is 1.61. The van der Waals surface area contributed by atoms with Crippen LogP contribution in [0.5, 0.6) is 5.75 Å². The molecule has 3 heteroatoms. The SMILES string of the molecule is CCCC(C)COc1ccc(Br)cc1CNC. The molecule has 1 rings (SSSR count). The number of rotatable bonds is 7. The van der Waals surface area contributed by atoms with Gasteiger partial charge in [-0.15, -0.1) is 0 Å². The number of nitrogens with one attached hydrogen (secondary N) is 1. The minimum Gasteiger partial charge on any atom is -0.493 e. The first-order chi connectivity index (χ1) is 8.17. The van der Waals surface area contributed by atoms with Gasteiger partial charge in [0.15, 0.2) is 0 Å². The molecule has 0 aromatic heterocycles. The second-order valence-electron chi connectivity index (χ2n) is 4.49. The van der Waals surface area contributed by atoms with E-state index in [9.17, 15) is 0 Å². The van der Waals surface area contributed by atoms with E-state index in [4.69, 9.17) is 4.74 Å². The number of hydrogen-bond acceptors (Lipinski definition) is 2. The smallest absolute Gasteiger partial charge is 0.123 e. The van der Waals surface area contributed by atoms with E-state index in [2.05, 4.69) is 41.2 Å². The fraction of sp³-hybridized carbons (Fsp3) is 0.571. The van der Waals surface area contributed by atoms with E-state index in [0.717, 1.165) is 23.4 Å². The molecular weight excluding hydrogens is 278 g/mol. The van der Waals surface area contributed by atoms with Gasteiger partial charge >= 0.3 is 0 Å². The van der Waals surface area contributed by atoms with E-state index in [0.29, 0.717) is 5.92 Å². The molecule has 0 saturated heterocycles. The highest BCUT2D eigenvalue weighted by molar-refractivity contribution is 9.10. The molecule has 0 aliphatic carbocycles. The topological polar surface area (TPSA) is 21.3 Å². The first kappa shape index (κ1) is 14.5. The Morgan fingerprint density at radius 2 is 2.18 bits per heavy atom. The lowest BCUT2D eigenvalue weighted by Crippen LogP contribution is -2.11. The maximum Gasteiger partial charge on any atom is 0.123 e. The molecule has 1 atom stereocenters. The van der Waals surface area contributed by atoms with Crippen LogP contribution in [0.25, 0.3) is 0 Å². The van der Waals surface area contributed by atoms with Gasteiger partial charge in [-0.1, -0.05) is 36.2 Å². The second kappa shape index (κ2) is 7.72. The average Bonchev–Trinajstić information content (AvgIpc) is 2.29. The van der Waals surface area contributed by atoms with Crippen LogP contribution in [0.15, 0.2) is 22.7 Å². The van der Waals surface area contributed by atoms with Crippen molar-refractivity contribution in [3.05, 3.63) is 28.2 Å². The predicted octanol–water partition coefficient (Wildman–Crippen LogP) is 3.98. The van der Waals surface area contributed by atoms with Crippen LogP contribution in [0.4, 0.5) is 0 Å². The Kier molecular flexibility index (Phi) is 6.60. The molecule has 0 heterocycles. The lowest BCUT2D eigenvalue weighted by atomic mass is 10.1. The quantitative estimate of drug-likeness (QED) is 0.822. The highest BCUT2D eigenvalue weighted by Gasteiger charge is 2.06. The maximum absolute atomic E-state index is 5.90. The van der Waals surface area contributed by atoms with Crippen LogP contribution in [0.3, 0.4) is 0 Å². The van der Waals surface area contributed by atoms with Crippen LogP contribution in [0.1, 0.15) is 32.3 Å². The van der Waals surface area contributed by atoms with Crippen molar-refractivity contribution in [2.75, 3.05) is 13.7 Å². The molecule has 2 nitrogen and oxygen atoms in total. The summed E-state index contributed by atoms with van der Waals surface area (Å²) >= 11 is 3.49. The molecule has 1 aromatic carbocycles. The third-order valence-electron chi connectivity index (χ3n) is 2.69. The number of hydrogen-bond donors (Lipinski definition) is 1. The Balaban J connectivity index is 2.62. The second-order valence-corrected chi connectivity index (χ2v) is 5.40. The Bertz CT molecular complexity index is 341. The molecule has 1 N–H and O–H groups in total. The van der Waals surface area contributed by atoms with Crippen LogP contribution >= 0.6 is 15.9 Å². The van der Waals surface area contributed by atoms with Gasteiger partial charge in [-0.25, -0.2) is 0 Å². The highest BCUT2D eigenvalue weighted by atomic mass is 79.9. The largest absolute Gasteiger partial charge is 0.493 e. The molecule has 0 saturated carbocycles. The molecule has 1 aromatic rings. The zero-order valence-corrected chi connectivity index (χ0v) is 12.5. The lowest BCUT2D eigenvalue weighted by Gasteiger charge is -2.15. The molecular formula is C14H22BrNO. The van der Waals surface area contributed by atoms with Crippen molar-refractivity contribution in [1.82, 2.24) is 5.32 Å². The van der Waals surface area contributed by atoms with Crippen molar-refractivity contribution in [2.45, 2.75) is 33.2 Å². The summed E-state index contributed by atoms with van der Waals surface area (Å²) in [6.07, 6.45) is 2.44. The summed E-state index contributed by atoms with van der Waals surface area (Å²) in [5.41, 5.74) is 1.20. The molecule has 0 aliphatic heterocycles. The van der Waals surface area contributed by atoms with Crippen molar-refractivity contribution >= 4 is 15.9 Å². The standard InChI is InChI=1S/C14H22BrNO/c1-4-5-11(2)10-17-14-7-6-13(15)8-12(14)9-16-3/h6-8,11,16H,4-5,9-10H2,1-3H3. The van der Waals surface area contributed by atoms with Crippen LogP contribution in [0, 0.1) is 5.92 Å². The van der Waals surface area contributed by atoms with Crippen LogP contribution in [-0.4, -0.2) is 13.7 Å². The molecule has 0 amide bonds. The molecule has 1 unspecified atom stereocenters. The summed E-state index contributed by atoms with van der Waals surface area (Å²) in [6, 6.07) is 6.17. The Morgan fingerprint density at radius 3 is 2.82 bits per heavy atom. The van der Waals surface area contributed by atoms with E-state index < -0.39 is 0 Å². The third kappa shape index (κ3) is 5.09. The molecule has 17 heavy (non-hydrogen) atoms. The Labute approximate surface area is 113 Å². The fourth-order valence-corrected chi connectivity index (χ4v) is 2.23. The molecule has 96 valence electrons. The molecule has 0 fully saturated rings. The number of ether oxygens (including phenoxy) is 1. The van der Waals surface area contributed by atoms with Gasteiger partial charge in [0.1, 0.15) is 5.75 Å². The summed E-state index contributed by atoms with van der Waals surface area (Å²) in [4.78, 5) is 0. The van der Waals surface area contributed by atoms with E-state index in [1.807, 2.05) is 19.2 Å². The van der Waals surface area contributed by atoms with E-state index in [1.165, 1.54) is 18.4 Å². The van der Waals surface area contributed by atoms with Crippen LogP contribution < -0.4 is 10.1 Å². The van der Waals surface area contributed by atoms with Crippen molar-refractivity contribution in [3.63, 3.8) is 0 Å². The fourth-order valence-electron chi connectivity index (χ4n) is 1.83. The van der Waals surface area contributed by atoms with Gasteiger partial charge in [0.2, 0.25) is 0 Å². The summed E-state index contributed by atoms with van der Waals surface area (Å²) in [5, 5.41) is 3.16. The van der Waals surface area contributed by atoms with E-state index in [1.54, 1.807) is 0 Å². The normalized spacial score (nSPS) is 12.5. The van der Waals surface area contributed by atoms with Gasteiger partial charge < -0.3 is 10.1 Å². The average molecular weight is 300 g/mol. The highest BCUT2D eigenvalue weighted by Crippen LogP contribution is 2.24. The maximum atomic E-state index is 5.90. The number of benzene rings is 1. The van der Waals surface area contributed by atoms with Crippen LogP contribution in [0.2, 0.25) is 0 Å². The van der Waals surface area contributed by atoms with E-state index in [-0.39, 0.29) is 0 Å². The zero-order valence-electron chi connectivity index (χ0n) is 10.9. The predicted molar refractivity (Wildman–Crippen MR) is 76.5 cm³/mol. The number of halogens is 1. The zero-order chi connectivity index (χ0) is 12.7. The van der Waals surface area contributed by atoms with Crippen molar-refractivity contribution in [1.29, 1.82) is 0 Å².